The lowest BCUT2D eigenvalue weighted by Gasteiger charge is -2.22. The molecule has 1 aliphatic heterocycles. The van der Waals surface area contributed by atoms with Crippen molar-refractivity contribution in [1.29, 1.82) is 0 Å². The second-order valence-corrected chi connectivity index (χ2v) is 4.23. The lowest BCUT2D eigenvalue weighted by atomic mass is 10.0. The van der Waals surface area contributed by atoms with Gasteiger partial charge in [-0.3, -0.25) is 4.79 Å². The first-order chi connectivity index (χ1) is 8.25. The van der Waals surface area contributed by atoms with Crippen molar-refractivity contribution in [3.8, 4) is 0 Å². The van der Waals surface area contributed by atoms with Crippen molar-refractivity contribution in [2.75, 3.05) is 6.54 Å². The molecule has 2 aromatic heterocycles. The third-order valence-corrected chi connectivity index (χ3v) is 3.10. The molecule has 0 aromatic carbocycles. The zero-order chi connectivity index (χ0) is 11.8. The van der Waals surface area contributed by atoms with Gasteiger partial charge < -0.3 is 14.8 Å². The van der Waals surface area contributed by atoms with Crippen LogP contribution in [-0.2, 0) is 11.2 Å². The number of nitrogens with zero attached hydrogens (tertiary/aromatic N) is 2. The predicted molar refractivity (Wildman–Crippen MR) is 61.9 cm³/mol. The van der Waals surface area contributed by atoms with E-state index < -0.39 is 5.97 Å². The molecular formula is C12H13N3O2. The third kappa shape index (κ3) is 1.68. The fourth-order valence-electron chi connectivity index (χ4n) is 2.42. The van der Waals surface area contributed by atoms with Crippen molar-refractivity contribution < 1.29 is 9.90 Å². The van der Waals surface area contributed by atoms with Crippen LogP contribution >= 0.6 is 0 Å². The van der Waals surface area contributed by atoms with E-state index in [0.717, 1.165) is 30.0 Å². The molecule has 88 valence electrons. The van der Waals surface area contributed by atoms with Gasteiger partial charge in [0.25, 0.3) is 0 Å². The molecule has 1 unspecified atom stereocenters. The fourth-order valence-corrected chi connectivity index (χ4v) is 2.42. The Bertz CT molecular complexity index is 576. The van der Waals surface area contributed by atoms with Gasteiger partial charge in [-0.2, -0.15) is 0 Å². The van der Waals surface area contributed by atoms with E-state index in [4.69, 9.17) is 5.11 Å². The molecular weight excluding hydrogens is 218 g/mol. The van der Waals surface area contributed by atoms with Crippen LogP contribution in [0.15, 0.2) is 24.4 Å². The van der Waals surface area contributed by atoms with E-state index in [-0.39, 0.29) is 12.5 Å². The number of carbonyl (C=O) groups is 1. The number of imidazole rings is 1. The Balaban J connectivity index is 2.13. The van der Waals surface area contributed by atoms with Crippen LogP contribution in [0.25, 0.3) is 5.65 Å². The summed E-state index contributed by atoms with van der Waals surface area (Å²) >= 11 is 0. The van der Waals surface area contributed by atoms with Gasteiger partial charge in [0.15, 0.2) is 0 Å². The summed E-state index contributed by atoms with van der Waals surface area (Å²) in [5, 5.41) is 12.2. The minimum atomic E-state index is -0.791. The Hall–Kier alpha value is -1.88. The molecule has 0 bridgehead atoms. The minimum absolute atomic E-state index is 0.0929. The summed E-state index contributed by atoms with van der Waals surface area (Å²) in [5.41, 5.74) is 2.90. The Labute approximate surface area is 98.1 Å². The predicted octanol–water partition coefficient (Wildman–Crippen LogP) is 0.996. The molecule has 5 heteroatoms. The second kappa shape index (κ2) is 3.85. The van der Waals surface area contributed by atoms with Crippen molar-refractivity contribution in [2.24, 2.45) is 0 Å². The van der Waals surface area contributed by atoms with E-state index in [1.807, 2.05) is 28.8 Å². The monoisotopic (exact) mass is 231 g/mol. The zero-order valence-electron chi connectivity index (χ0n) is 9.26. The van der Waals surface area contributed by atoms with E-state index in [0.29, 0.717) is 0 Å². The summed E-state index contributed by atoms with van der Waals surface area (Å²) in [6.45, 7) is 0.787. The largest absolute Gasteiger partial charge is 0.481 e. The standard InChI is InChI=1S/C12H13N3O2/c16-11(17)7-9-12-8(4-5-13-9)14-10-3-1-2-6-15(10)12/h1-3,6,9,13H,4-5,7H2,(H,16,17). The highest BCUT2D eigenvalue weighted by Crippen LogP contribution is 2.26. The summed E-state index contributed by atoms with van der Waals surface area (Å²) in [7, 11) is 0. The first-order valence-electron chi connectivity index (χ1n) is 5.67. The van der Waals surface area contributed by atoms with Crippen molar-refractivity contribution in [2.45, 2.75) is 18.9 Å². The lowest BCUT2D eigenvalue weighted by molar-refractivity contribution is -0.137. The van der Waals surface area contributed by atoms with Crippen LogP contribution in [0, 0.1) is 0 Å². The minimum Gasteiger partial charge on any atom is -0.481 e. The molecule has 3 heterocycles. The molecule has 0 radical (unpaired) electrons. The molecule has 3 rings (SSSR count). The third-order valence-electron chi connectivity index (χ3n) is 3.10. The summed E-state index contributed by atoms with van der Waals surface area (Å²) in [6.07, 6.45) is 2.88. The summed E-state index contributed by atoms with van der Waals surface area (Å²) in [5.74, 6) is -0.791. The van der Waals surface area contributed by atoms with E-state index in [1.54, 1.807) is 0 Å². The van der Waals surface area contributed by atoms with Crippen molar-refractivity contribution in [3.05, 3.63) is 35.8 Å². The van der Waals surface area contributed by atoms with Gasteiger partial charge in [0.05, 0.1) is 23.9 Å². The van der Waals surface area contributed by atoms with Gasteiger partial charge in [-0.05, 0) is 12.1 Å². The number of rotatable bonds is 2. The maximum atomic E-state index is 10.9. The highest BCUT2D eigenvalue weighted by Gasteiger charge is 2.26. The molecule has 0 aliphatic carbocycles. The highest BCUT2D eigenvalue weighted by molar-refractivity contribution is 5.68. The molecule has 1 atom stereocenters. The van der Waals surface area contributed by atoms with Crippen molar-refractivity contribution in [1.82, 2.24) is 14.7 Å². The van der Waals surface area contributed by atoms with Gasteiger partial charge in [-0.25, -0.2) is 4.98 Å². The quantitative estimate of drug-likeness (QED) is 0.809. The number of hydrogen-bond donors (Lipinski definition) is 2. The van der Waals surface area contributed by atoms with Crippen LogP contribution in [0.2, 0.25) is 0 Å². The van der Waals surface area contributed by atoms with E-state index in [2.05, 4.69) is 10.3 Å². The first-order valence-corrected chi connectivity index (χ1v) is 5.67. The Kier molecular flexibility index (Phi) is 2.33. The van der Waals surface area contributed by atoms with Crippen LogP contribution < -0.4 is 5.32 Å². The molecule has 0 fully saturated rings. The van der Waals surface area contributed by atoms with Gasteiger partial charge in [0.2, 0.25) is 0 Å². The normalized spacial score (nSPS) is 19.2. The van der Waals surface area contributed by atoms with E-state index >= 15 is 0 Å². The molecule has 1 aliphatic rings. The Morgan fingerprint density at radius 2 is 2.47 bits per heavy atom. The average molecular weight is 231 g/mol. The molecule has 2 aromatic rings. The van der Waals surface area contributed by atoms with Crippen molar-refractivity contribution in [3.63, 3.8) is 0 Å². The van der Waals surface area contributed by atoms with Crippen LogP contribution in [-0.4, -0.2) is 27.0 Å². The number of hydrogen-bond acceptors (Lipinski definition) is 3. The van der Waals surface area contributed by atoms with Crippen LogP contribution in [0.1, 0.15) is 23.9 Å². The maximum absolute atomic E-state index is 10.9. The molecule has 0 amide bonds. The number of carboxylic acids is 1. The average Bonchev–Trinajstić information content (AvgIpc) is 2.67. The Morgan fingerprint density at radius 3 is 3.29 bits per heavy atom. The molecule has 0 spiro atoms. The SMILES string of the molecule is O=C(O)CC1NCCc2nc3ccccn3c21. The number of nitrogens with one attached hydrogen (secondary N) is 1. The molecule has 0 saturated heterocycles. The second-order valence-electron chi connectivity index (χ2n) is 4.23. The molecule has 0 saturated carbocycles. The summed E-state index contributed by atoms with van der Waals surface area (Å²) in [4.78, 5) is 15.4. The van der Waals surface area contributed by atoms with Gasteiger partial charge in [-0.15, -0.1) is 0 Å². The van der Waals surface area contributed by atoms with Gasteiger partial charge >= 0.3 is 5.97 Å². The smallest absolute Gasteiger partial charge is 0.305 e. The fraction of sp³-hybridized carbons (Fsp3) is 0.333. The maximum Gasteiger partial charge on any atom is 0.305 e. The topological polar surface area (TPSA) is 66.6 Å². The number of carboxylic acid groups (broad SMARTS) is 1. The van der Waals surface area contributed by atoms with Crippen LogP contribution in [0.3, 0.4) is 0 Å². The number of aliphatic carboxylic acids is 1. The van der Waals surface area contributed by atoms with Gasteiger partial charge in [-0.1, -0.05) is 6.07 Å². The number of fused-ring (bicyclic) bond motifs is 3. The number of aromatic nitrogens is 2. The van der Waals surface area contributed by atoms with Crippen LogP contribution in [0.4, 0.5) is 0 Å². The van der Waals surface area contributed by atoms with Gasteiger partial charge in [0, 0.05) is 19.2 Å². The van der Waals surface area contributed by atoms with Crippen molar-refractivity contribution >= 4 is 11.6 Å². The molecule has 17 heavy (non-hydrogen) atoms. The first kappa shape index (κ1) is 10.3. The Morgan fingerprint density at radius 1 is 1.59 bits per heavy atom. The van der Waals surface area contributed by atoms with Crippen LogP contribution in [0.5, 0.6) is 0 Å². The lowest BCUT2D eigenvalue weighted by Crippen LogP contribution is -2.32. The number of pyridine rings is 1. The zero-order valence-corrected chi connectivity index (χ0v) is 9.26. The van der Waals surface area contributed by atoms with Gasteiger partial charge in [0.1, 0.15) is 5.65 Å². The summed E-state index contributed by atoms with van der Waals surface area (Å²) < 4.78 is 1.98. The molecule has 2 N–H and O–H groups in total. The van der Waals surface area contributed by atoms with E-state index in [1.165, 1.54) is 0 Å². The summed E-state index contributed by atoms with van der Waals surface area (Å²) in [6, 6.07) is 5.67. The van der Waals surface area contributed by atoms with E-state index in [9.17, 15) is 4.79 Å². The highest BCUT2D eigenvalue weighted by atomic mass is 16.4. The molecule has 5 nitrogen and oxygen atoms in total.